The number of rotatable bonds is 9. The highest BCUT2D eigenvalue weighted by Crippen LogP contribution is 2.31. The number of carbonyl (C=O) groups is 1. The second-order valence-electron chi connectivity index (χ2n) is 4.00. The second kappa shape index (κ2) is 8.67. The van der Waals surface area contributed by atoms with E-state index in [0.29, 0.717) is 6.42 Å². The van der Waals surface area contributed by atoms with Crippen molar-refractivity contribution < 1.29 is 24.3 Å². The van der Waals surface area contributed by atoms with Crippen LogP contribution in [-0.4, -0.2) is 46.9 Å². The van der Waals surface area contributed by atoms with Gasteiger partial charge in [-0.15, -0.1) is 0 Å². The number of aliphatic imine (C=N–C) groups is 3. The summed E-state index contributed by atoms with van der Waals surface area (Å²) in [4.78, 5) is 53.4. The van der Waals surface area contributed by atoms with Crippen molar-refractivity contribution in [3.05, 3.63) is 0 Å². The first-order chi connectivity index (χ1) is 9.54. The molecule has 0 heterocycles. The zero-order valence-corrected chi connectivity index (χ0v) is 11.2. The zero-order chi connectivity index (χ0) is 15.6. The molecular formula is C12H15N3O5. The Labute approximate surface area is 115 Å². The minimum absolute atomic E-state index is 0.0985. The lowest BCUT2D eigenvalue weighted by molar-refractivity contribution is -0.145. The number of carboxylic acid groups (broad SMARTS) is 1. The van der Waals surface area contributed by atoms with Crippen LogP contribution in [0, 0.1) is 0 Å². The molecular weight excluding hydrogens is 266 g/mol. The maximum Gasteiger partial charge on any atom is 0.337 e. The fraction of sp³-hybridized carbons (Fsp3) is 0.667. The third kappa shape index (κ3) is 3.56. The molecule has 0 bridgehead atoms. The van der Waals surface area contributed by atoms with Gasteiger partial charge in [-0.25, -0.2) is 19.2 Å². The first kappa shape index (κ1) is 17.6. The van der Waals surface area contributed by atoms with Gasteiger partial charge in [-0.2, -0.15) is 15.0 Å². The molecule has 0 amide bonds. The van der Waals surface area contributed by atoms with E-state index in [4.69, 9.17) is 0 Å². The van der Waals surface area contributed by atoms with Crippen LogP contribution in [0.15, 0.2) is 15.0 Å². The summed E-state index contributed by atoms with van der Waals surface area (Å²) in [6, 6.07) is -2.33. The molecule has 0 aromatic carbocycles. The molecule has 0 aromatic heterocycles. The van der Waals surface area contributed by atoms with Crippen molar-refractivity contribution >= 4 is 24.2 Å². The van der Waals surface area contributed by atoms with Gasteiger partial charge in [-0.1, -0.05) is 20.3 Å². The van der Waals surface area contributed by atoms with Crippen LogP contribution in [0.5, 0.6) is 0 Å². The molecule has 0 rings (SSSR count). The molecule has 108 valence electrons. The van der Waals surface area contributed by atoms with Gasteiger partial charge < -0.3 is 5.11 Å². The van der Waals surface area contributed by atoms with E-state index < -0.39 is 23.6 Å². The fourth-order valence-corrected chi connectivity index (χ4v) is 2.06. The number of nitrogens with zero attached hydrogens (tertiary/aromatic N) is 3. The molecule has 3 atom stereocenters. The van der Waals surface area contributed by atoms with Crippen molar-refractivity contribution in [2.24, 2.45) is 15.0 Å². The number of carboxylic acids is 1. The van der Waals surface area contributed by atoms with E-state index in [9.17, 15) is 24.3 Å². The highest BCUT2D eigenvalue weighted by Gasteiger charge is 2.53. The average molecular weight is 281 g/mol. The maximum atomic E-state index is 11.6. The standard InChI is InChI=1S/C12H15N3O5/c1-3-5-10(14-7-17)12(11(19)20,15-8-18)9(4-2)13-6-16/h9-10H,3-5H2,1-2H3,(H,19,20). The van der Waals surface area contributed by atoms with Gasteiger partial charge in [0, 0.05) is 0 Å². The van der Waals surface area contributed by atoms with E-state index in [2.05, 4.69) is 15.0 Å². The molecule has 0 radical (unpaired) electrons. The Morgan fingerprint density at radius 1 is 1.10 bits per heavy atom. The third-order valence-electron chi connectivity index (χ3n) is 2.96. The quantitative estimate of drug-likeness (QED) is 0.493. The lowest BCUT2D eigenvalue weighted by Gasteiger charge is -2.32. The Hall–Kier alpha value is -2.39. The Balaban J connectivity index is 6.23. The Bertz CT molecular complexity index is 483. The summed E-state index contributed by atoms with van der Waals surface area (Å²) in [6.45, 7) is 3.31. The molecule has 3 unspecified atom stereocenters. The van der Waals surface area contributed by atoms with Gasteiger partial charge >= 0.3 is 5.97 Å². The van der Waals surface area contributed by atoms with Gasteiger partial charge in [-0.05, 0) is 12.8 Å². The topological polar surface area (TPSA) is 126 Å². The Morgan fingerprint density at radius 2 is 1.65 bits per heavy atom. The minimum Gasteiger partial charge on any atom is -0.479 e. The molecule has 0 fully saturated rings. The summed E-state index contributed by atoms with van der Waals surface area (Å²) < 4.78 is 0. The van der Waals surface area contributed by atoms with E-state index in [-0.39, 0.29) is 12.8 Å². The van der Waals surface area contributed by atoms with Gasteiger partial charge in [-0.3, -0.25) is 0 Å². The van der Waals surface area contributed by atoms with Crippen LogP contribution in [0.4, 0.5) is 0 Å². The average Bonchev–Trinajstić information content (AvgIpc) is 2.42. The molecule has 1 N–H and O–H groups in total. The van der Waals surface area contributed by atoms with E-state index in [1.165, 1.54) is 18.2 Å². The molecule has 0 aliphatic carbocycles. The maximum absolute atomic E-state index is 11.6. The normalized spacial score (nSPS) is 15.5. The lowest BCUT2D eigenvalue weighted by Crippen LogP contribution is -2.55. The molecule has 8 nitrogen and oxygen atoms in total. The summed E-state index contributed by atoms with van der Waals surface area (Å²) in [5.74, 6) is -1.51. The summed E-state index contributed by atoms with van der Waals surface area (Å²) >= 11 is 0. The molecule has 20 heavy (non-hydrogen) atoms. The molecule has 0 spiro atoms. The third-order valence-corrected chi connectivity index (χ3v) is 2.96. The van der Waals surface area contributed by atoms with Gasteiger partial charge in [0.05, 0.1) is 0 Å². The van der Waals surface area contributed by atoms with Crippen molar-refractivity contribution in [1.82, 2.24) is 0 Å². The molecule has 0 aromatic rings. The monoisotopic (exact) mass is 281 g/mol. The number of hydrogen-bond donors (Lipinski definition) is 1. The largest absolute Gasteiger partial charge is 0.479 e. The Morgan fingerprint density at radius 3 is 2.00 bits per heavy atom. The first-order valence-corrected chi connectivity index (χ1v) is 6.01. The molecule has 0 saturated carbocycles. The van der Waals surface area contributed by atoms with Crippen molar-refractivity contribution in [2.75, 3.05) is 0 Å². The summed E-state index contributed by atoms with van der Waals surface area (Å²) in [6.07, 6.45) is 4.46. The van der Waals surface area contributed by atoms with Gasteiger partial charge in [0.2, 0.25) is 23.8 Å². The zero-order valence-electron chi connectivity index (χ0n) is 11.2. The van der Waals surface area contributed by atoms with Crippen LogP contribution in [-0.2, 0) is 19.2 Å². The van der Waals surface area contributed by atoms with Crippen molar-refractivity contribution in [1.29, 1.82) is 0 Å². The van der Waals surface area contributed by atoms with E-state index in [0.717, 1.165) is 0 Å². The van der Waals surface area contributed by atoms with Crippen molar-refractivity contribution in [2.45, 2.75) is 50.7 Å². The van der Waals surface area contributed by atoms with Crippen LogP contribution < -0.4 is 0 Å². The van der Waals surface area contributed by atoms with Gasteiger partial charge in [0.25, 0.3) is 0 Å². The van der Waals surface area contributed by atoms with E-state index in [1.54, 1.807) is 13.8 Å². The highest BCUT2D eigenvalue weighted by molar-refractivity contribution is 5.83. The fourth-order valence-electron chi connectivity index (χ4n) is 2.06. The minimum atomic E-state index is -2.15. The number of carbonyl (C=O) groups excluding carboxylic acids is 3. The molecule has 8 heteroatoms. The number of aliphatic carboxylic acids is 1. The van der Waals surface area contributed by atoms with Gasteiger partial charge in [0.1, 0.15) is 12.1 Å². The Kier molecular flexibility index (Phi) is 7.63. The van der Waals surface area contributed by atoms with Crippen LogP contribution in [0.25, 0.3) is 0 Å². The van der Waals surface area contributed by atoms with E-state index >= 15 is 0 Å². The SMILES string of the molecule is CCCC(N=C=O)C(N=C=O)(C(=O)O)C(CC)N=C=O. The van der Waals surface area contributed by atoms with E-state index in [1.807, 2.05) is 0 Å². The second-order valence-corrected chi connectivity index (χ2v) is 4.00. The van der Waals surface area contributed by atoms with Crippen LogP contribution >= 0.6 is 0 Å². The molecule has 0 aliphatic heterocycles. The van der Waals surface area contributed by atoms with Crippen LogP contribution in [0.3, 0.4) is 0 Å². The van der Waals surface area contributed by atoms with Crippen LogP contribution in [0.1, 0.15) is 33.1 Å². The van der Waals surface area contributed by atoms with Crippen molar-refractivity contribution in [3.8, 4) is 0 Å². The molecule has 0 saturated heterocycles. The highest BCUT2D eigenvalue weighted by atomic mass is 16.4. The van der Waals surface area contributed by atoms with Crippen LogP contribution in [0.2, 0.25) is 0 Å². The predicted octanol–water partition coefficient (Wildman–Crippen LogP) is 0.765. The first-order valence-electron chi connectivity index (χ1n) is 6.01. The lowest BCUT2D eigenvalue weighted by atomic mass is 9.80. The number of isocyanates is 3. The summed E-state index contributed by atoms with van der Waals surface area (Å²) in [5, 5.41) is 9.45. The van der Waals surface area contributed by atoms with Crippen molar-refractivity contribution in [3.63, 3.8) is 0 Å². The predicted molar refractivity (Wildman–Crippen MR) is 67.5 cm³/mol. The van der Waals surface area contributed by atoms with Gasteiger partial charge in [0.15, 0.2) is 0 Å². The summed E-state index contributed by atoms with van der Waals surface area (Å²) in [5.41, 5.74) is -2.15. The molecule has 0 aliphatic rings. The smallest absolute Gasteiger partial charge is 0.337 e. The summed E-state index contributed by atoms with van der Waals surface area (Å²) in [7, 11) is 0. The number of hydrogen-bond acceptors (Lipinski definition) is 7.